The monoisotopic (exact) mass is 165 g/mol. The van der Waals surface area contributed by atoms with E-state index in [9.17, 15) is 0 Å². The van der Waals surface area contributed by atoms with Crippen LogP contribution in [0.25, 0.3) is 4.83 Å². The largest absolute Gasteiger partial charge is 0.312 e. The van der Waals surface area contributed by atoms with Crippen molar-refractivity contribution in [1.29, 1.82) is 0 Å². The fourth-order valence-electron chi connectivity index (χ4n) is 1.36. The number of aromatic nitrogens is 1. The molecule has 0 amide bonds. The van der Waals surface area contributed by atoms with E-state index in [2.05, 4.69) is 35.0 Å². The summed E-state index contributed by atoms with van der Waals surface area (Å²) in [5.74, 6) is 0. The summed E-state index contributed by atoms with van der Waals surface area (Å²) in [5.41, 5.74) is 1.43. The maximum Gasteiger partial charge on any atom is 0.0993 e. The molecule has 0 saturated heterocycles. The van der Waals surface area contributed by atoms with Gasteiger partial charge in [0.15, 0.2) is 0 Å². The first-order valence-electron chi connectivity index (χ1n) is 3.95. The highest BCUT2D eigenvalue weighted by molar-refractivity contribution is 7.15. The van der Waals surface area contributed by atoms with Gasteiger partial charge in [0.05, 0.1) is 4.83 Å². The summed E-state index contributed by atoms with van der Waals surface area (Å²) >= 11 is 1.80. The quantitative estimate of drug-likeness (QED) is 0.644. The highest BCUT2D eigenvalue weighted by Crippen LogP contribution is 2.16. The summed E-state index contributed by atoms with van der Waals surface area (Å²) in [6.45, 7) is 2.21. The van der Waals surface area contributed by atoms with Crippen LogP contribution in [0, 0.1) is 0 Å². The SMILES string of the molecule is CCCc1ccc2sccn12. The van der Waals surface area contributed by atoms with Crippen molar-refractivity contribution >= 4 is 16.2 Å². The maximum atomic E-state index is 2.27. The van der Waals surface area contributed by atoms with E-state index in [1.165, 1.54) is 23.4 Å². The molecule has 0 radical (unpaired) electrons. The number of rotatable bonds is 2. The van der Waals surface area contributed by atoms with Gasteiger partial charge in [-0.3, -0.25) is 0 Å². The van der Waals surface area contributed by atoms with Crippen molar-refractivity contribution in [3.63, 3.8) is 0 Å². The molecule has 11 heavy (non-hydrogen) atoms. The van der Waals surface area contributed by atoms with Crippen LogP contribution in [0.3, 0.4) is 0 Å². The molecule has 0 aromatic carbocycles. The molecule has 0 unspecified atom stereocenters. The zero-order valence-electron chi connectivity index (χ0n) is 6.58. The van der Waals surface area contributed by atoms with Crippen LogP contribution in [0.5, 0.6) is 0 Å². The fourth-order valence-corrected chi connectivity index (χ4v) is 2.12. The average Bonchev–Trinajstić information content (AvgIpc) is 2.53. The van der Waals surface area contributed by atoms with Gasteiger partial charge in [-0.15, -0.1) is 11.3 Å². The number of fused-ring (bicyclic) bond motifs is 1. The van der Waals surface area contributed by atoms with Crippen molar-refractivity contribution < 1.29 is 0 Å². The normalized spacial score (nSPS) is 11.0. The lowest BCUT2D eigenvalue weighted by molar-refractivity contribution is 0.871. The van der Waals surface area contributed by atoms with Crippen LogP contribution >= 0.6 is 11.3 Å². The van der Waals surface area contributed by atoms with Gasteiger partial charge in [0, 0.05) is 17.3 Å². The topological polar surface area (TPSA) is 4.41 Å². The zero-order valence-corrected chi connectivity index (χ0v) is 7.40. The van der Waals surface area contributed by atoms with Gasteiger partial charge in [0.25, 0.3) is 0 Å². The van der Waals surface area contributed by atoms with Crippen LogP contribution in [0.15, 0.2) is 23.7 Å². The molecule has 0 aliphatic heterocycles. The minimum Gasteiger partial charge on any atom is -0.312 e. The molecule has 2 heterocycles. The Bertz CT molecular complexity index is 345. The standard InChI is InChI=1S/C9H11NS/c1-2-3-8-4-5-9-10(8)6-7-11-9/h4-7H,2-3H2,1H3. The number of hydrogen-bond acceptors (Lipinski definition) is 1. The molecule has 0 saturated carbocycles. The first kappa shape index (κ1) is 6.92. The summed E-state index contributed by atoms with van der Waals surface area (Å²) < 4.78 is 2.27. The Balaban J connectivity index is 2.51. The predicted octanol–water partition coefficient (Wildman–Crippen LogP) is 2.95. The van der Waals surface area contributed by atoms with Crippen molar-refractivity contribution in [2.24, 2.45) is 0 Å². The van der Waals surface area contributed by atoms with E-state index in [0.717, 1.165) is 0 Å². The number of aryl methyl sites for hydroxylation is 1. The maximum absolute atomic E-state index is 2.27. The molecule has 0 aliphatic carbocycles. The zero-order chi connectivity index (χ0) is 7.68. The van der Waals surface area contributed by atoms with Crippen LogP contribution in [0.4, 0.5) is 0 Å². The van der Waals surface area contributed by atoms with Gasteiger partial charge in [-0.2, -0.15) is 0 Å². The molecule has 58 valence electrons. The third-order valence-corrected chi connectivity index (χ3v) is 2.70. The Morgan fingerprint density at radius 1 is 1.45 bits per heavy atom. The van der Waals surface area contributed by atoms with E-state index < -0.39 is 0 Å². The lowest BCUT2D eigenvalue weighted by Gasteiger charge is -1.94. The van der Waals surface area contributed by atoms with Crippen molar-refractivity contribution in [3.05, 3.63) is 29.4 Å². The second-order valence-corrected chi connectivity index (χ2v) is 3.61. The van der Waals surface area contributed by atoms with Gasteiger partial charge in [-0.1, -0.05) is 13.3 Å². The highest BCUT2D eigenvalue weighted by Gasteiger charge is 1.99. The number of hydrogen-bond donors (Lipinski definition) is 0. The summed E-state index contributed by atoms with van der Waals surface area (Å²) in [7, 11) is 0. The van der Waals surface area contributed by atoms with Crippen molar-refractivity contribution in [1.82, 2.24) is 4.40 Å². The molecule has 2 heteroatoms. The van der Waals surface area contributed by atoms with Crippen LogP contribution in [-0.2, 0) is 6.42 Å². The van der Waals surface area contributed by atoms with E-state index in [0.29, 0.717) is 0 Å². The van der Waals surface area contributed by atoms with Crippen LogP contribution in [0.2, 0.25) is 0 Å². The average molecular weight is 165 g/mol. The molecular weight excluding hydrogens is 154 g/mol. The second-order valence-electron chi connectivity index (χ2n) is 2.69. The molecule has 0 aliphatic rings. The molecule has 2 rings (SSSR count). The molecule has 0 bridgehead atoms. The Kier molecular flexibility index (Phi) is 1.70. The van der Waals surface area contributed by atoms with Gasteiger partial charge < -0.3 is 4.40 Å². The molecular formula is C9H11NS. The second kappa shape index (κ2) is 2.70. The van der Waals surface area contributed by atoms with E-state index in [-0.39, 0.29) is 0 Å². The summed E-state index contributed by atoms with van der Waals surface area (Å²) in [6.07, 6.45) is 4.55. The predicted molar refractivity (Wildman–Crippen MR) is 49.3 cm³/mol. The number of nitrogens with zero attached hydrogens (tertiary/aromatic N) is 1. The van der Waals surface area contributed by atoms with Gasteiger partial charge in [-0.25, -0.2) is 0 Å². The Hall–Kier alpha value is -0.760. The van der Waals surface area contributed by atoms with Gasteiger partial charge in [-0.05, 0) is 18.6 Å². The van der Waals surface area contributed by atoms with E-state index in [1.54, 1.807) is 11.3 Å². The Morgan fingerprint density at radius 3 is 3.18 bits per heavy atom. The van der Waals surface area contributed by atoms with Crippen molar-refractivity contribution in [2.75, 3.05) is 0 Å². The van der Waals surface area contributed by atoms with E-state index >= 15 is 0 Å². The van der Waals surface area contributed by atoms with Gasteiger partial charge in [0.1, 0.15) is 0 Å². The van der Waals surface area contributed by atoms with E-state index in [1.807, 2.05) is 0 Å². The van der Waals surface area contributed by atoms with Crippen LogP contribution in [-0.4, -0.2) is 4.40 Å². The first-order chi connectivity index (χ1) is 5.42. The number of thiazole rings is 1. The highest BCUT2D eigenvalue weighted by atomic mass is 32.1. The Morgan fingerprint density at radius 2 is 2.36 bits per heavy atom. The summed E-state index contributed by atoms with van der Waals surface area (Å²) in [5, 5.41) is 2.13. The van der Waals surface area contributed by atoms with Gasteiger partial charge >= 0.3 is 0 Å². The Labute approximate surface area is 70.3 Å². The molecule has 0 spiro atoms. The third kappa shape index (κ3) is 1.07. The van der Waals surface area contributed by atoms with Crippen molar-refractivity contribution in [2.45, 2.75) is 19.8 Å². The molecule has 1 nitrogen and oxygen atoms in total. The summed E-state index contributed by atoms with van der Waals surface area (Å²) in [4.78, 5) is 1.36. The first-order valence-corrected chi connectivity index (χ1v) is 4.83. The summed E-state index contributed by atoms with van der Waals surface area (Å²) in [6, 6.07) is 4.41. The van der Waals surface area contributed by atoms with E-state index in [4.69, 9.17) is 0 Å². The minimum atomic E-state index is 1.19. The van der Waals surface area contributed by atoms with Crippen LogP contribution in [0.1, 0.15) is 19.0 Å². The van der Waals surface area contributed by atoms with Crippen molar-refractivity contribution in [3.8, 4) is 0 Å². The lowest BCUT2D eigenvalue weighted by Crippen LogP contribution is -1.86. The molecule has 2 aromatic heterocycles. The molecule has 0 N–H and O–H groups in total. The van der Waals surface area contributed by atoms with Crippen LogP contribution < -0.4 is 0 Å². The smallest absolute Gasteiger partial charge is 0.0993 e. The molecule has 0 fully saturated rings. The third-order valence-electron chi connectivity index (χ3n) is 1.87. The molecule has 0 atom stereocenters. The molecule has 2 aromatic rings. The lowest BCUT2D eigenvalue weighted by atomic mass is 10.2. The minimum absolute atomic E-state index is 1.19. The fraction of sp³-hybridized carbons (Fsp3) is 0.333. The van der Waals surface area contributed by atoms with Gasteiger partial charge in [0.2, 0.25) is 0 Å².